The quantitative estimate of drug-likeness (QED) is 0.166. The van der Waals surface area contributed by atoms with E-state index in [1.807, 2.05) is 11.3 Å². The Morgan fingerprint density at radius 2 is 1.16 bits per heavy atom. The predicted molar refractivity (Wildman–Crippen MR) is 212 cm³/mol. The molecule has 11 rings (SSSR count). The highest BCUT2D eigenvalue weighted by Crippen LogP contribution is 2.51. The van der Waals surface area contributed by atoms with Gasteiger partial charge in [0.25, 0.3) is 0 Å². The van der Waals surface area contributed by atoms with Crippen molar-refractivity contribution in [2.75, 3.05) is 0 Å². The fourth-order valence-corrected chi connectivity index (χ4v) is 10.1. The number of hydrogen-bond donors (Lipinski definition) is 0. The van der Waals surface area contributed by atoms with E-state index in [1.165, 1.54) is 103 Å². The largest absolute Gasteiger partial charge is 0.309 e. The average molecular weight is 642 g/mol. The van der Waals surface area contributed by atoms with E-state index in [4.69, 9.17) is 0 Å². The van der Waals surface area contributed by atoms with Crippen molar-refractivity contribution in [1.29, 1.82) is 0 Å². The molecule has 0 unspecified atom stereocenters. The summed E-state index contributed by atoms with van der Waals surface area (Å²) in [5, 5.41) is 10.4. The second kappa shape index (κ2) is 9.69. The first-order valence-electron chi connectivity index (χ1n) is 17.1. The van der Waals surface area contributed by atoms with Gasteiger partial charge < -0.3 is 4.57 Å². The molecule has 0 N–H and O–H groups in total. The maximum atomic E-state index is 2.53. The van der Waals surface area contributed by atoms with Gasteiger partial charge in [-0.25, -0.2) is 0 Å². The van der Waals surface area contributed by atoms with Gasteiger partial charge in [0.2, 0.25) is 0 Å². The predicted octanol–water partition coefficient (Wildman–Crippen LogP) is 13.4. The molecule has 2 aromatic heterocycles. The third-order valence-corrected chi connectivity index (χ3v) is 12.4. The van der Waals surface area contributed by atoms with Crippen molar-refractivity contribution >= 4 is 74.9 Å². The van der Waals surface area contributed by atoms with Crippen LogP contribution in [0.4, 0.5) is 0 Å². The van der Waals surface area contributed by atoms with E-state index in [-0.39, 0.29) is 5.41 Å². The maximum absolute atomic E-state index is 2.53. The Hall–Kier alpha value is -5.70. The molecular weight excluding hydrogens is 611 g/mol. The van der Waals surface area contributed by atoms with Gasteiger partial charge in [0.05, 0.1) is 11.0 Å². The Bertz CT molecular complexity index is 3010. The molecule has 8 aromatic carbocycles. The highest BCUT2D eigenvalue weighted by atomic mass is 32.1. The molecule has 0 aliphatic heterocycles. The summed E-state index contributed by atoms with van der Waals surface area (Å²) in [6.07, 6.45) is 0. The molecule has 0 saturated heterocycles. The summed E-state index contributed by atoms with van der Waals surface area (Å²) in [6, 6.07) is 56.8. The summed E-state index contributed by atoms with van der Waals surface area (Å²) in [7, 11) is 0. The Morgan fingerprint density at radius 3 is 2.06 bits per heavy atom. The smallest absolute Gasteiger partial charge is 0.0619 e. The van der Waals surface area contributed by atoms with Crippen LogP contribution in [-0.2, 0) is 5.41 Å². The van der Waals surface area contributed by atoms with E-state index in [9.17, 15) is 0 Å². The second-order valence-electron chi connectivity index (χ2n) is 14.1. The number of nitrogens with zero attached hydrogens (tertiary/aromatic N) is 1. The summed E-state index contributed by atoms with van der Waals surface area (Å²) in [4.78, 5) is 0. The van der Waals surface area contributed by atoms with Gasteiger partial charge in [0.15, 0.2) is 0 Å². The molecule has 0 bridgehead atoms. The van der Waals surface area contributed by atoms with Crippen molar-refractivity contribution in [2.24, 2.45) is 0 Å². The van der Waals surface area contributed by atoms with Gasteiger partial charge in [-0.1, -0.05) is 135 Å². The lowest BCUT2D eigenvalue weighted by Crippen LogP contribution is -2.14. The van der Waals surface area contributed by atoms with Crippen LogP contribution in [-0.4, -0.2) is 4.57 Å². The standard InChI is InChI=1S/C47H31NS/c1-47(2)41-16-7-5-12-34(41)39-26-40-37-25-24-33-31-11-4-3-10-28(31)20-23-36(33)45(37)48(43(40)27-42(39)47)30-21-18-29(19-22-30)32-14-9-15-38-35-13-6-8-17-44(35)49-46(32)38/h3-27H,1-2H3. The molecule has 49 heavy (non-hydrogen) atoms. The summed E-state index contributed by atoms with van der Waals surface area (Å²) in [6.45, 7) is 4.75. The Balaban J connectivity index is 1.20. The molecule has 10 aromatic rings. The Labute approximate surface area is 288 Å². The zero-order valence-corrected chi connectivity index (χ0v) is 28.1. The van der Waals surface area contributed by atoms with Gasteiger partial charge in [-0.15, -0.1) is 11.3 Å². The lowest BCUT2D eigenvalue weighted by Gasteiger charge is -2.21. The minimum Gasteiger partial charge on any atom is -0.309 e. The minimum atomic E-state index is -0.0769. The summed E-state index contributed by atoms with van der Waals surface area (Å²) in [5.74, 6) is 0. The number of thiophene rings is 1. The summed E-state index contributed by atoms with van der Waals surface area (Å²) < 4.78 is 5.22. The van der Waals surface area contributed by atoms with E-state index >= 15 is 0 Å². The fraction of sp³-hybridized carbons (Fsp3) is 0.0638. The Kier molecular flexibility index (Phi) is 5.39. The van der Waals surface area contributed by atoms with Crippen LogP contribution >= 0.6 is 11.3 Å². The molecule has 1 aliphatic rings. The van der Waals surface area contributed by atoms with Crippen LogP contribution < -0.4 is 0 Å². The number of hydrogen-bond acceptors (Lipinski definition) is 1. The third kappa shape index (κ3) is 3.64. The highest BCUT2D eigenvalue weighted by Gasteiger charge is 2.36. The van der Waals surface area contributed by atoms with Crippen LogP contribution in [0.5, 0.6) is 0 Å². The first-order valence-corrected chi connectivity index (χ1v) is 17.9. The lowest BCUT2D eigenvalue weighted by molar-refractivity contribution is 0.661. The molecule has 2 heteroatoms. The average Bonchev–Trinajstić information content (AvgIpc) is 3.76. The molecule has 230 valence electrons. The van der Waals surface area contributed by atoms with E-state index < -0.39 is 0 Å². The first kappa shape index (κ1) is 27.3. The van der Waals surface area contributed by atoms with Crippen LogP contribution in [0.15, 0.2) is 152 Å². The topological polar surface area (TPSA) is 4.93 Å². The number of fused-ring (bicyclic) bond motifs is 13. The lowest BCUT2D eigenvalue weighted by atomic mass is 9.82. The van der Waals surface area contributed by atoms with Crippen LogP contribution in [0.3, 0.4) is 0 Å². The minimum absolute atomic E-state index is 0.0769. The highest BCUT2D eigenvalue weighted by molar-refractivity contribution is 7.26. The summed E-state index contributed by atoms with van der Waals surface area (Å²) >= 11 is 1.89. The molecule has 0 saturated carbocycles. The first-order chi connectivity index (χ1) is 24.1. The van der Waals surface area contributed by atoms with E-state index in [0.717, 1.165) is 0 Å². The van der Waals surface area contributed by atoms with E-state index in [1.54, 1.807) is 0 Å². The molecule has 1 aliphatic carbocycles. The van der Waals surface area contributed by atoms with Crippen molar-refractivity contribution in [3.05, 3.63) is 163 Å². The van der Waals surface area contributed by atoms with Gasteiger partial charge in [0.1, 0.15) is 0 Å². The van der Waals surface area contributed by atoms with Crippen LogP contribution in [0.2, 0.25) is 0 Å². The molecule has 0 atom stereocenters. The zero-order valence-electron chi connectivity index (χ0n) is 27.3. The SMILES string of the molecule is CC1(C)c2ccccc2-c2cc3c4ccc5c6ccccc6ccc5c4n(-c4ccc(-c5cccc6c5sc5ccccc56)cc4)c3cc21. The Morgan fingerprint density at radius 1 is 0.469 bits per heavy atom. The third-order valence-electron chi connectivity index (χ3n) is 11.2. The van der Waals surface area contributed by atoms with Crippen LogP contribution in [0.25, 0.3) is 91.5 Å². The number of rotatable bonds is 2. The van der Waals surface area contributed by atoms with Crippen molar-refractivity contribution in [2.45, 2.75) is 19.3 Å². The molecule has 0 radical (unpaired) electrons. The van der Waals surface area contributed by atoms with Gasteiger partial charge in [-0.3, -0.25) is 0 Å². The number of benzene rings is 8. The zero-order chi connectivity index (χ0) is 32.4. The van der Waals surface area contributed by atoms with Crippen LogP contribution in [0.1, 0.15) is 25.0 Å². The molecule has 2 heterocycles. The van der Waals surface area contributed by atoms with Crippen molar-refractivity contribution in [3.63, 3.8) is 0 Å². The van der Waals surface area contributed by atoms with Gasteiger partial charge in [-0.2, -0.15) is 0 Å². The molecule has 0 fully saturated rings. The summed E-state index contributed by atoms with van der Waals surface area (Å²) in [5.41, 5.74) is 11.7. The molecule has 0 amide bonds. The van der Waals surface area contributed by atoms with Gasteiger partial charge in [-0.05, 0) is 79.9 Å². The fourth-order valence-electron chi connectivity index (χ4n) is 8.82. The van der Waals surface area contributed by atoms with Crippen molar-refractivity contribution in [3.8, 4) is 27.9 Å². The van der Waals surface area contributed by atoms with Gasteiger partial charge >= 0.3 is 0 Å². The van der Waals surface area contributed by atoms with Gasteiger partial charge in [0, 0.05) is 47.4 Å². The monoisotopic (exact) mass is 641 g/mol. The van der Waals surface area contributed by atoms with Crippen molar-refractivity contribution in [1.82, 2.24) is 4.57 Å². The van der Waals surface area contributed by atoms with Crippen LogP contribution in [0, 0.1) is 0 Å². The van der Waals surface area contributed by atoms with E-state index in [2.05, 4.69) is 170 Å². The normalized spacial score (nSPS) is 13.7. The van der Waals surface area contributed by atoms with Crippen molar-refractivity contribution < 1.29 is 0 Å². The maximum Gasteiger partial charge on any atom is 0.0619 e. The molecule has 1 nitrogen and oxygen atoms in total. The number of aromatic nitrogens is 1. The molecule has 0 spiro atoms. The van der Waals surface area contributed by atoms with E-state index in [0.29, 0.717) is 0 Å². The second-order valence-corrected chi connectivity index (χ2v) is 15.1. The molecular formula is C47H31NS.